The predicted octanol–water partition coefficient (Wildman–Crippen LogP) is 1.43. The minimum atomic E-state index is -0.652. The Labute approximate surface area is 123 Å². The van der Waals surface area contributed by atoms with Crippen molar-refractivity contribution in [2.45, 2.75) is 32.6 Å². The molecular weight excluding hydrogens is 275 g/mol. The zero-order chi connectivity index (χ0) is 15.7. The van der Waals surface area contributed by atoms with E-state index >= 15 is 0 Å². The molecule has 6 nitrogen and oxygen atoms in total. The molecule has 0 bridgehead atoms. The van der Waals surface area contributed by atoms with Crippen LogP contribution in [0.2, 0.25) is 0 Å². The van der Waals surface area contributed by atoms with E-state index in [4.69, 9.17) is 5.73 Å². The Morgan fingerprint density at radius 3 is 2.76 bits per heavy atom. The smallest absolute Gasteiger partial charge is 0.254 e. The molecule has 0 spiro atoms. The van der Waals surface area contributed by atoms with E-state index in [-0.39, 0.29) is 23.7 Å². The average molecular weight is 296 g/mol. The van der Waals surface area contributed by atoms with Gasteiger partial charge in [0.15, 0.2) is 11.6 Å². The first kappa shape index (κ1) is 16.9. The number of unbranched alkanes of at least 4 members (excludes halogenated alkanes) is 1. The maximum absolute atomic E-state index is 14.1. The van der Waals surface area contributed by atoms with E-state index in [0.29, 0.717) is 25.9 Å². The van der Waals surface area contributed by atoms with Crippen LogP contribution in [0.4, 0.5) is 10.2 Å². The molecular formula is C14H21FN4O2. The third kappa shape index (κ3) is 5.76. The number of nitrogens with one attached hydrogen (secondary N) is 2. The van der Waals surface area contributed by atoms with E-state index in [1.807, 2.05) is 6.92 Å². The van der Waals surface area contributed by atoms with E-state index in [0.717, 1.165) is 6.42 Å². The van der Waals surface area contributed by atoms with Gasteiger partial charge in [-0.05, 0) is 25.3 Å². The number of hydrogen-bond donors (Lipinski definition) is 3. The molecule has 7 heteroatoms. The summed E-state index contributed by atoms with van der Waals surface area (Å²) in [6.07, 6.45) is 3.71. The van der Waals surface area contributed by atoms with Gasteiger partial charge in [-0.25, -0.2) is 9.37 Å². The van der Waals surface area contributed by atoms with Crippen molar-refractivity contribution in [1.82, 2.24) is 10.3 Å². The molecule has 21 heavy (non-hydrogen) atoms. The summed E-state index contributed by atoms with van der Waals surface area (Å²) >= 11 is 0. The summed E-state index contributed by atoms with van der Waals surface area (Å²) in [6.45, 7) is 2.90. The summed E-state index contributed by atoms with van der Waals surface area (Å²) in [5.74, 6) is -1.43. The summed E-state index contributed by atoms with van der Waals surface area (Å²) in [7, 11) is 0. The Balaban J connectivity index is 2.52. The molecule has 4 N–H and O–H groups in total. The van der Waals surface area contributed by atoms with E-state index in [9.17, 15) is 14.0 Å². The molecule has 2 amide bonds. The summed E-state index contributed by atoms with van der Waals surface area (Å²) < 4.78 is 14.1. The second-order valence-corrected chi connectivity index (χ2v) is 4.63. The topological polar surface area (TPSA) is 97.1 Å². The van der Waals surface area contributed by atoms with Gasteiger partial charge >= 0.3 is 0 Å². The van der Waals surface area contributed by atoms with Crippen LogP contribution < -0.4 is 16.4 Å². The second-order valence-electron chi connectivity index (χ2n) is 4.63. The van der Waals surface area contributed by atoms with Crippen molar-refractivity contribution in [1.29, 1.82) is 0 Å². The van der Waals surface area contributed by atoms with Crippen molar-refractivity contribution in [3.8, 4) is 0 Å². The van der Waals surface area contributed by atoms with Gasteiger partial charge in [-0.1, -0.05) is 6.92 Å². The van der Waals surface area contributed by atoms with Gasteiger partial charge in [-0.15, -0.1) is 0 Å². The van der Waals surface area contributed by atoms with Crippen LogP contribution in [0, 0.1) is 5.82 Å². The number of aromatic nitrogens is 1. The summed E-state index contributed by atoms with van der Waals surface area (Å²) in [5.41, 5.74) is 4.97. The number of nitrogens with two attached hydrogens (primary N) is 1. The summed E-state index contributed by atoms with van der Waals surface area (Å²) in [4.78, 5) is 26.3. The molecule has 0 saturated carbocycles. The van der Waals surface area contributed by atoms with Gasteiger partial charge in [0, 0.05) is 25.7 Å². The molecule has 0 fully saturated rings. The Morgan fingerprint density at radius 2 is 2.10 bits per heavy atom. The minimum Gasteiger partial charge on any atom is -0.370 e. The maximum Gasteiger partial charge on any atom is 0.254 e. The van der Waals surface area contributed by atoms with Gasteiger partial charge in [-0.2, -0.15) is 0 Å². The second kappa shape index (κ2) is 8.89. The van der Waals surface area contributed by atoms with Crippen molar-refractivity contribution in [2.24, 2.45) is 5.73 Å². The van der Waals surface area contributed by atoms with Gasteiger partial charge < -0.3 is 16.4 Å². The standard InChI is InChI=1S/C14H21FN4O2/c1-2-7-17-13-12(15)10(6-9-18-13)14(21)19-8-4-3-5-11(16)20/h6,9H,2-5,7-8H2,1H3,(H2,16,20)(H,17,18)(H,19,21). The van der Waals surface area contributed by atoms with Crippen LogP contribution in [0.15, 0.2) is 12.3 Å². The number of carbonyl (C=O) groups excluding carboxylic acids is 2. The molecule has 0 aromatic carbocycles. The highest BCUT2D eigenvalue weighted by atomic mass is 19.1. The molecule has 0 radical (unpaired) electrons. The van der Waals surface area contributed by atoms with Gasteiger partial charge in [0.25, 0.3) is 5.91 Å². The van der Waals surface area contributed by atoms with Gasteiger partial charge in [0.2, 0.25) is 5.91 Å². The number of hydrogen-bond acceptors (Lipinski definition) is 4. The Morgan fingerprint density at radius 1 is 1.33 bits per heavy atom. The van der Waals surface area contributed by atoms with E-state index in [1.54, 1.807) is 0 Å². The lowest BCUT2D eigenvalue weighted by Gasteiger charge is -2.09. The van der Waals surface area contributed by atoms with Crippen LogP contribution in [0.3, 0.4) is 0 Å². The van der Waals surface area contributed by atoms with Crippen molar-refractivity contribution < 1.29 is 14.0 Å². The SMILES string of the molecule is CCCNc1nccc(C(=O)NCCCCC(N)=O)c1F. The van der Waals surface area contributed by atoms with E-state index in [1.165, 1.54) is 12.3 Å². The first-order chi connectivity index (χ1) is 10.1. The molecule has 0 atom stereocenters. The monoisotopic (exact) mass is 296 g/mol. The number of pyridine rings is 1. The number of rotatable bonds is 9. The Hall–Kier alpha value is -2.18. The molecule has 0 saturated heterocycles. The molecule has 0 aliphatic rings. The van der Waals surface area contributed by atoms with Crippen LogP contribution in [-0.4, -0.2) is 29.9 Å². The number of halogens is 1. The number of carbonyl (C=O) groups is 2. The fourth-order valence-corrected chi connectivity index (χ4v) is 1.71. The largest absolute Gasteiger partial charge is 0.370 e. The van der Waals surface area contributed by atoms with E-state index in [2.05, 4.69) is 15.6 Å². The number of primary amides is 1. The first-order valence-corrected chi connectivity index (χ1v) is 7.01. The Kier molecular flexibility index (Phi) is 7.14. The lowest BCUT2D eigenvalue weighted by atomic mass is 10.2. The zero-order valence-corrected chi connectivity index (χ0v) is 12.1. The van der Waals surface area contributed by atoms with Gasteiger partial charge in [0.05, 0.1) is 5.56 Å². The fraction of sp³-hybridized carbons (Fsp3) is 0.500. The lowest BCUT2D eigenvalue weighted by Crippen LogP contribution is -2.26. The fourth-order valence-electron chi connectivity index (χ4n) is 1.71. The first-order valence-electron chi connectivity index (χ1n) is 7.01. The number of nitrogens with zero attached hydrogens (tertiary/aromatic N) is 1. The molecule has 116 valence electrons. The minimum absolute atomic E-state index is 0.0431. The van der Waals surface area contributed by atoms with Crippen molar-refractivity contribution in [3.05, 3.63) is 23.6 Å². The highest BCUT2D eigenvalue weighted by Crippen LogP contribution is 2.15. The third-order valence-corrected chi connectivity index (χ3v) is 2.81. The van der Waals surface area contributed by atoms with Crippen LogP contribution in [-0.2, 0) is 4.79 Å². The van der Waals surface area contributed by atoms with E-state index < -0.39 is 11.7 Å². The summed E-state index contributed by atoms with van der Waals surface area (Å²) in [5, 5.41) is 5.44. The molecule has 1 rings (SSSR count). The average Bonchev–Trinajstić information content (AvgIpc) is 2.45. The van der Waals surface area contributed by atoms with Crippen LogP contribution >= 0.6 is 0 Å². The summed E-state index contributed by atoms with van der Waals surface area (Å²) in [6, 6.07) is 1.34. The van der Waals surface area contributed by atoms with Crippen LogP contribution in [0.1, 0.15) is 43.0 Å². The highest BCUT2D eigenvalue weighted by Gasteiger charge is 2.15. The third-order valence-electron chi connectivity index (χ3n) is 2.81. The van der Waals surface area contributed by atoms with Crippen molar-refractivity contribution >= 4 is 17.6 Å². The molecule has 1 heterocycles. The van der Waals surface area contributed by atoms with Crippen LogP contribution in [0.5, 0.6) is 0 Å². The predicted molar refractivity (Wildman–Crippen MR) is 78.4 cm³/mol. The number of anilines is 1. The molecule has 1 aromatic heterocycles. The van der Waals surface area contributed by atoms with Crippen molar-refractivity contribution in [3.63, 3.8) is 0 Å². The molecule has 0 unspecified atom stereocenters. The Bertz CT molecular complexity index is 494. The molecule has 0 aliphatic carbocycles. The lowest BCUT2D eigenvalue weighted by molar-refractivity contribution is -0.118. The maximum atomic E-state index is 14.1. The molecule has 1 aromatic rings. The quantitative estimate of drug-likeness (QED) is 0.600. The number of amides is 2. The zero-order valence-electron chi connectivity index (χ0n) is 12.1. The highest BCUT2D eigenvalue weighted by molar-refractivity contribution is 5.95. The normalized spacial score (nSPS) is 10.2. The van der Waals surface area contributed by atoms with Crippen LogP contribution in [0.25, 0.3) is 0 Å². The molecule has 0 aliphatic heterocycles. The van der Waals surface area contributed by atoms with Gasteiger partial charge in [-0.3, -0.25) is 9.59 Å². The van der Waals surface area contributed by atoms with Crippen molar-refractivity contribution in [2.75, 3.05) is 18.4 Å². The van der Waals surface area contributed by atoms with Gasteiger partial charge in [0.1, 0.15) is 0 Å².